The molecular formula is C19H32N2O5S. The van der Waals surface area contributed by atoms with E-state index in [1.807, 2.05) is 0 Å². The molecular weight excluding hydrogens is 368 g/mol. The van der Waals surface area contributed by atoms with Crippen LogP contribution in [0.15, 0.2) is 23.1 Å². The van der Waals surface area contributed by atoms with Crippen LogP contribution >= 0.6 is 0 Å². The van der Waals surface area contributed by atoms with Gasteiger partial charge in [-0.1, -0.05) is 13.8 Å². The average Bonchev–Trinajstić information content (AvgIpc) is 2.54. The van der Waals surface area contributed by atoms with E-state index in [2.05, 4.69) is 23.9 Å². The summed E-state index contributed by atoms with van der Waals surface area (Å²) in [5.74, 6) is 0.320. The highest BCUT2D eigenvalue weighted by Gasteiger charge is 2.26. The maximum atomic E-state index is 12.7. The number of benzene rings is 1. The molecule has 8 heteroatoms. The van der Waals surface area contributed by atoms with Crippen LogP contribution in [0.2, 0.25) is 0 Å². The number of hydrogen-bond donors (Lipinski definition) is 2. The van der Waals surface area contributed by atoms with E-state index in [4.69, 9.17) is 9.47 Å². The standard InChI is InChI=1S/C19H32N2O5S/c1-14(2)13-26-11-7-10-20-18(22)15-8-9-16(25-6)17(12-15)27(23,24)21-19(3,4)5/h8-9,12,14,21H,7,10-11,13H2,1-6H3,(H,20,22). The third-order valence-corrected chi connectivity index (χ3v) is 5.14. The lowest BCUT2D eigenvalue weighted by Crippen LogP contribution is -2.40. The molecule has 2 N–H and O–H groups in total. The van der Waals surface area contributed by atoms with Gasteiger partial charge in [0.05, 0.1) is 7.11 Å². The zero-order chi connectivity index (χ0) is 20.7. The average molecular weight is 401 g/mol. The van der Waals surface area contributed by atoms with E-state index in [-0.39, 0.29) is 22.1 Å². The lowest BCUT2D eigenvalue weighted by atomic mass is 10.1. The van der Waals surface area contributed by atoms with Gasteiger partial charge in [-0.3, -0.25) is 4.79 Å². The summed E-state index contributed by atoms with van der Waals surface area (Å²) < 4.78 is 38.5. The summed E-state index contributed by atoms with van der Waals surface area (Å²) >= 11 is 0. The number of ether oxygens (including phenoxy) is 2. The molecule has 0 unspecified atom stereocenters. The molecule has 0 aliphatic rings. The molecule has 0 spiro atoms. The normalized spacial score (nSPS) is 12.3. The van der Waals surface area contributed by atoms with E-state index in [1.54, 1.807) is 26.8 Å². The van der Waals surface area contributed by atoms with Gasteiger partial charge in [0.2, 0.25) is 10.0 Å². The molecule has 0 aromatic heterocycles. The smallest absolute Gasteiger partial charge is 0.251 e. The monoisotopic (exact) mass is 400 g/mol. The second-order valence-electron chi connectivity index (χ2n) is 7.80. The Hall–Kier alpha value is -1.64. The molecule has 0 heterocycles. The predicted molar refractivity (Wildman–Crippen MR) is 106 cm³/mol. The number of sulfonamides is 1. The van der Waals surface area contributed by atoms with Gasteiger partial charge in [-0.2, -0.15) is 0 Å². The molecule has 0 aliphatic carbocycles. The van der Waals surface area contributed by atoms with E-state index in [0.29, 0.717) is 32.1 Å². The van der Waals surface area contributed by atoms with Crippen LogP contribution in [-0.4, -0.2) is 46.7 Å². The van der Waals surface area contributed by atoms with Crippen LogP contribution in [-0.2, 0) is 14.8 Å². The number of hydrogen-bond acceptors (Lipinski definition) is 5. The van der Waals surface area contributed by atoms with Gasteiger partial charge in [-0.05, 0) is 51.3 Å². The summed E-state index contributed by atoms with van der Waals surface area (Å²) in [5.41, 5.74) is -0.397. The van der Waals surface area contributed by atoms with Gasteiger partial charge in [-0.15, -0.1) is 0 Å². The fourth-order valence-corrected chi connectivity index (χ4v) is 3.90. The van der Waals surface area contributed by atoms with Crippen molar-refractivity contribution in [2.45, 2.75) is 51.5 Å². The van der Waals surface area contributed by atoms with E-state index in [9.17, 15) is 13.2 Å². The molecule has 0 fully saturated rings. The van der Waals surface area contributed by atoms with Crippen LogP contribution in [0.1, 0.15) is 51.4 Å². The van der Waals surface area contributed by atoms with Gasteiger partial charge >= 0.3 is 0 Å². The van der Waals surface area contributed by atoms with Crippen LogP contribution in [0.4, 0.5) is 0 Å². The number of nitrogens with one attached hydrogen (secondary N) is 2. The van der Waals surface area contributed by atoms with Crippen LogP contribution in [0, 0.1) is 5.92 Å². The topological polar surface area (TPSA) is 93.7 Å². The van der Waals surface area contributed by atoms with E-state index in [1.165, 1.54) is 19.2 Å². The highest BCUT2D eigenvalue weighted by molar-refractivity contribution is 7.89. The molecule has 1 aromatic rings. The lowest BCUT2D eigenvalue weighted by Gasteiger charge is -2.21. The molecule has 27 heavy (non-hydrogen) atoms. The van der Waals surface area contributed by atoms with Crippen molar-refractivity contribution in [3.05, 3.63) is 23.8 Å². The van der Waals surface area contributed by atoms with Gasteiger partial charge < -0.3 is 14.8 Å². The van der Waals surface area contributed by atoms with Crippen molar-refractivity contribution in [3.8, 4) is 5.75 Å². The first-order valence-electron chi connectivity index (χ1n) is 9.04. The van der Waals surface area contributed by atoms with Gasteiger partial charge in [0.1, 0.15) is 10.6 Å². The predicted octanol–water partition coefficient (Wildman–Crippen LogP) is 2.56. The van der Waals surface area contributed by atoms with Crippen LogP contribution in [0.25, 0.3) is 0 Å². The SMILES string of the molecule is COc1ccc(C(=O)NCCCOCC(C)C)cc1S(=O)(=O)NC(C)(C)C. The molecule has 1 amide bonds. The van der Waals surface area contributed by atoms with Gasteiger partial charge in [0, 0.05) is 30.9 Å². The summed E-state index contributed by atoms with van der Waals surface area (Å²) in [4.78, 5) is 12.3. The van der Waals surface area contributed by atoms with Crippen molar-refractivity contribution < 1.29 is 22.7 Å². The third kappa shape index (κ3) is 8.28. The molecule has 154 valence electrons. The van der Waals surface area contributed by atoms with Crippen molar-refractivity contribution in [1.82, 2.24) is 10.0 Å². The van der Waals surface area contributed by atoms with Crippen molar-refractivity contribution in [2.24, 2.45) is 5.92 Å². The summed E-state index contributed by atoms with van der Waals surface area (Å²) in [6.07, 6.45) is 0.686. The van der Waals surface area contributed by atoms with Crippen molar-refractivity contribution >= 4 is 15.9 Å². The Morgan fingerprint density at radius 3 is 2.44 bits per heavy atom. The Morgan fingerprint density at radius 1 is 1.22 bits per heavy atom. The van der Waals surface area contributed by atoms with E-state index in [0.717, 1.165) is 0 Å². The maximum absolute atomic E-state index is 12.7. The lowest BCUT2D eigenvalue weighted by molar-refractivity contribution is 0.0924. The Balaban J connectivity index is 2.81. The third-order valence-electron chi connectivity index (χ3n) is 3.36. The summed E-state index contributed by atoms with van der Waals surface area (Å²) in [6, 6.07) is 4.36. The molecule has 0 bridgehead atoms. The fourth-order valence-electron chi connectivity index (χ4n) is 2.28. The molecule has 1 aromatic carbocycles. The van der Waals surface area contributed by atoms with Crippen molar-refractivity contribution in [2.75, 3.05) is 26.9 Å². The molecule has 1 rings (SSSR count). The van der Waals surface area contributed by atoms with E-state index < -0.39 is 15.6 Å². The molecule has 0 radical (unpaired) electrons. The molecule has 0 saturated carbocycles. The van der Waals surface area contributed by atoms with Crippen molar-refractivity contribution in [1.29, 1.82) is 0 Å². The van der Waals surface area contributed by atoms with Crippen LogP contribution < -0.4 is 14.8 Å². The maximum Gasteiger partial charge on any atom is 0.251 e. The van der Waals surface area contributed by atoms with Crippen LogP contribution in [0.3, 0.4) is 0 Å². The molecule has 0 atom stereocenters. The van der Waals surface area contributed by atoms with Gasteiger partial charge in [0.15, 0.2) is 0 Å². The number of carbonyl (C=O) groups excluding carboxylic acids is 1. The number of amides is 1. The summed E-state index contributed by atoms with van der Waals surface area (Å²) in [5, 5.41) is 2.78. The Labute approximate surface area is 162 Å². The first kappa shape index (κ1) is 23.4. The Bertz CT molecular complexity index is 724. The minimum Gasteiger partial charge on any atom is -0.495 e. The second-order valence-corrected chi connectivity index (χ2v) is 9.45. The molecule has 7 nitrogen and oxygen atoms in total. The first-order valence-corrected chi connectivity index (χ1v) is 10.5. The Morgan fingerprint density at radius 2 is 1.89 bits per heavy atom. The highest BCUT2D eigenvalue weighted by Crippen LogP contribution is 2.26. The molecule has 0 aliphatic heterocycles. The fraction of sp³-hybridized carbons (Fsp3) is 0.632. The highest BCUT2D eigenvalue weighted by atomic mass is 32.2. The first-order chi connectivity index (χ1) is 12.5. The summed E-state index contributed by atoms with van der Waals surface area (Å²) in [7, 11) is -2.44. The molecule has 0 saturated heterocycles. The van der Waals surface area contributed by atoms with Crippen molar-refractivity contribution in [3.63, 3.8) is 0 Å². The second kappa shape index (κ2) is 10.1. The number of methoxy groups -OCH3 is 1. The van der Waals surface area contributed by atoms with E-state index >= 15 is 0 Å². The Kier molecular flexibility index (Phi) is 8.71. The minimum atomic E-state index is -3.83. The summed E-state index contributed by atoms with van der Waals surface area (Å²) in [6.45, 7) is 11.1. The number of rotatable bonds is 10. The number of carbonyl (C=O) groups is 1. The zero-order valence-corrected chi connectivity index (χ0v) is 17.9. The quantitative estimate of drug-likeness (QED) is 0.589. The largest absolute Gasteiger partial charge is 0.495 e. The van der Waals surface area contributed by atoms with Gasteiger partial charge in [-0.25, -0.2) is 13.1 Å². The van der Waals surface area contributed by atoms with Gasteiger partial charge in [0.25, 0.3) is 5.91 Å². The minimum absolute atomic E-state index is 0.0622. The zero-order valence-electron chi connectivity index (χ0n) is 17.1. The van der Waals surface area contributed by atoms with Crippen LogP contribution in [0.5, 0.6) is 5.75 Å².